The second kappa shape index (κ2) is 9.14. The van der Waals surface area contributed by atoms with Crippen molar-refractivity contribution in [2.45, 2.75) is 10.00 Å². The summed E-state index contributed by atoms with van der Waals surface area (Å²) >= 11 is 3.04. The molecule has 1 aliphatic heterocycles. The lowest BCUT2D eigenvalue weighted by atomic mass is 9.96. The summed E-state index contributed by atoms with van der Waals surface area (Å²) in [5, 5.41) is -0.277. The number of thioether (sulfide) groups is 2. The summed E-state index contributed by atoms with van der Waals surface area (Å²) in [6.07, 6.45) is 2.81. The number of carbonyl (C=O) groups excluding carboxylic acids is 3. The molecule has 2 rings (SSSR count). The zero-order valence-electron chi connectivity index (χ0n) is 14.7. The maximum atomic E-state index is 12.7. The molecule has 1 aromatic rings. The van der Waals surface area contributed by atoms with Gasteiger partial charge in [-0.1, -0.05) is 12.1 Å². The minimum absolute atomic E-state index is 0.277. The van der Waals surface area contributed by atoms with Crippen molar-refractivity contribution in [3.63, 3.8) is 0 Å². The number of esters is 3. The second-order valence-electron chi connectivity index (χ2n) is 5.35. The van der Waals surface area contributed by atoms with E-state index < -0.39 is 22.7 Å². The lowest BCUT2D eigenvalue weighted by molar-refractivity contribution is -0.142. The third-order valence-electron chi connectivity index (χ3n) is 3.91. The van der Waals surface area contributed by atoms with Gasteiger partial charge >= 0.3 is 17.9 Å². The van der Waals surface area contributed by atoms with Crippen LogP contribution in [0.3, 0.4) is 0 Å². The SMILES string of the molecule is COC(=O)/C=C/C1(C(=O)OC)SCCSC1c1ccc(C(=O)OC)cc1. The molecule has 2 unspecified atom stereocenters. The van der Waals surface area contributed by atoms with Gasteiger partial charge in [-0.05, 0) is 23.8 Å². The molecule has 140 valence electrons. The lowest BCUT2D eigenvalue weighted by Gasteiger charge is -2.38. The van der Waals surface area contributed by atoms with Crippen LogP contribution in [0.5, 0.6) is 0 Å². The van der Waals surface area contributed by atoms with E-state index >= 15 is 0 Å². The zero-order valence-corrected chi connectivity index (χ0v) is 16.4. The zero-order chi connectivity index (χ0) is 19.2. The van der Waals surface area contributed by atoms with E-state index in [0.29, 0.717) is 5.56 Å². The molecule has 1 heterocycles. The van der Waals surface area contributed by atoms with Gasteiger partial charge in [-0.2, -0.15) is 11.8 Å². The molecular weight excluding hydrogens is 376 g/mol. The van der Waals surface area contributed by atoms with Crippen molar-refractivity contribution < 1.29 is 28.6 Å². The highest BCUT2D eigenvalue weighted by Crippen LogP contribution is 2.52. The number of benzene rings is 1. The largest absolute Gasteiger partial charge is 0.468 e. The number of hydrogen-bond acceptors (Lipinski definition) is 8. The Labute approximate surface area is 160 Å². The van der Waals surface area contributed by atoms with Crippen molar-refractivity contribution in [3.05, 3.63) is 47.5 Å². The first-order valence-corrected chi connectivity index (χ1v) is 9.81. The van der Waals surface area contributed by atoms with E-state index in [1.165, 1.54) is 39.2 Å². The van der Waals surface area contributed by atoms with E-state index in [4.69, 9.17) is 9.47 Å². The third kappa shape index (κ3) is 4.24. The number of rotatable bonds is 5. The first-order chi connectivity index (χ1) is 12.5. The van der Waals surface area contributed by atoms with Crippen LogP contribution in [0.25, 0.3) is 0 Å². The fraction of sp³-hybridized carbons (Fsp3) is 0.389. The van der Waals surface area contributed by atoms with Crippen LogP contribution in [-0.2, 0) is 23.8 Å². The van der Waals surface area contributed by atoms with E-state index in [-0.39, 0.29) is 5.25 Å². The van der Waals surface area contributed by atoms with E-state index in [1.807, 2.05) is 0 Å². The molecule has 0 radical (unpaired) electrons. The molecule has 1 aromatic carbocycles. The number of hydrogen-bond donors (Lipinski definition) is 0. The Kier molecular flexibility index (Phi) is 7.16. The highest BCUT2D eigenvalue weighted by molar-refractivity contribution is 8.08. The smallest absolute Gasteiger partial charge is 0.337 e. The first-order valence-electron chi connectivity index (χ1n) is 7.78. The molecule has 0 bridgehead atoms. The molecule has 8 heteroatoms. The molecule has 26 heavy (non-hydrogen) atoms. The fourth-order valence-corrected chi connectivity index (χ4v) is 5.75. The standard InChI is InChI=1S/C18H20O6S2/c1-22-14(19)8-9-18(17(21)24-3)15(25-10-11-26-18)12-4-6-13(7-5-12)16(20)23-2/h4-9,15H,10-11H2,1-3H3/b9-8+. The Morgan fingerprint density at radius 3 is 2.31 bits per heavy atom. The minimum atomic E-state index is -1.06. The predicted octanol–water partition coefficient (Wildman–Crippen LogP) is 2.64. The summed E-state index contributed by atoms with van der Waals surface area (Å²) in [5.74, 6) is 0.189. The lowest BCUT2D eigenvalue weighted by Crippen LogP contribution is -2.42. The molecule has 0 aliphatic carbocycles. The van der Waals surface area contributed by atoms with E-state index in [9.17, 15) is 14.4 Å². The summed E-state index contributed by atoms with van der Waals surface area (Å²) in [6, 6.07) is 6.90. The highest BCUT2D eigenvalue weighted by atomic mass is 32.2. The molecule has 2 atom stereocenters. The van der Waals surface area contributed by atoms with Gasteiger partial charge < -0.3 is 14.2 Å². The maximum Gasteiger partial charge on any atom is 0.337 e. The second-order valence-corrected chi connectivity index (χ2v) is 7.94. The van der Waals surface area contributed by atoms with Gasteiger partial charge in [-0.25, -0.2) is 9.59 Å². The average Bonchev–Trinajstić information content (AvgIpc) is 2.70. The molecule has 0 spiro atoms. The number of carbonyl (C=O) groups is 3. The molecule has 6 nitrogen and oxygen atoms in total. The van der Waals surface area contributed by atoms with Crippen LogP contribution in [-0.4, -0.2) is 55.5 Å². The summed E-state index contributed by atoms with van der Waals surface area (Å²) in [6.45, 7) is 0. The summed E-state index contributed by atoms with van der Waals surface area (Å²) in [7, 11) is 3.93. The Morgan fingerprint density at radius 1 is 1.04 bits per heavy atom. The van der Waals surface area contributed by atoms with Crippen LogP contribution >= 0.6 is 23.5 Å². The molecule has 1 aliphatic rings. The van der Waals surface area contributed by atoms with E-state index in [1.54, 1.807) is 42.1 Å². The van der Waals surface area contributed by atoms with Crippen molar-refractivity contribution in [1.82, 2.24) is 0 Å². The Bertz CT molecular complexity index is 700. The van der Waals surface area contributed by atoms with Gasteiger partial charge in [0.2, 0.25) is 0 Å². The van der Waals surface area contributed by atoms with Gasteiger partial charge in [-0.15, -0.1) is 11.8 Å². The molecule has 0 aromatic heterocycles. The molecule has 1 fully saturated rings. The van der Waals surface area contributed by atoms with Gasteiger partial charge in [0.05, 0.1) is 32.1 Å². The Morgan fingerprint density at radius 2 is 1.73 bits per heavy atom. The Balaban J connectivity index is 2.44. The number of methoxy groups -OCH3 is 3. The number of ether oxygens (including phenoxy) is 3. The highest BCUT2D eigenvalue weighted by Gasteiger charge is 2.48. The third-order valence-corrected chi connectivity index (χ3v) is 7.15. The maximum absolute atomic E-state index is 12.7. The monoisotopic (exact) mass is 396 g/mol. The van der Waals surface area contributed by atoms with Gasteiger partial charge in [-0.3, -0.25) is 4.79 Å². The minimum Gasteiger partial charge on any atom is -0.468 e. The average molecular weight is 396 g/mol. The normalized spacial score (nSPS) is 22.7. The molecular formula is C18H20O6S2. The summed E-state index contributed by atoms with van der Waals surface area (Å²) in [4.78, 5) is 35.9. The van der Waals surface area contributed by atoms with Crippen LogP contribution in [0.15, 0.2) is 36.4 Å². The van der Waals surface area contributed by atoms with Crippen molar-refractivity contribution >= 4 is 41.4 Å². The van der Waals surface area contributed by atoms with Crippen molar-refractivity contribution in [1.29, 1.82) is 0 Å². The van der Waals surface area contributed by atoms with Gasteiger partial charge in [0.1, 0.15) is 4.75 Å². The van der Waals surface area contributed by atoms with Crippen LogP contribution in [0, 0.1) is 0 Å². The quantitative estimate of drug-likeness (QED) is 0.427. The van der Waals surface area contributed by atoms with Crippen LogP contribution < -0.4 is 0 Å². The molecule has 0 amide bonds. The van der Waals surface area contributed by atoms with Gasteiger partial charge in [0, 0.05) is 17.6 Å². The summed E-state index contributed by atoms with van der Waals surface area (Å²) < 4.78 is 13.3. The fourth-order valence-electron chi connectivity index (χ4n) is 2.62. The first kappa shape index (κ1) is 20.4. The van der Waals surface area contributed by atoms with Crippen molar-refractivity contribution in [2.75, 3.05) is 32.8 Å². The van der Waals surface area contributed by atoms with Crippen molar-refractivity contribution in [3.8, 4) is 0 Å². The summed E-state index contributed by atoms with van der Waals surface area (Å²) in [5.41, 5.74) is 1.29. The van der Waals surface area contributed by atoms with Gasteiger partial charge in [0.25, 0.3) is 0 Å². The van der Waals surface area contributed by atoms with Crippen molar-refractivity contribution in [2.24, 2.45) is 0 Å². The topological polar surface area (TPSA) is 78.9 Å². The van der Waals surface area contributed by atoms with Crippen LogP contribution in [0.1, 0.15) is 21.2 Å². The van der Waals surface area contributed by atoms with E-state index in [2.05, 4.69) is 4.74 Å². The van der Waals surface area contributed by atoms with Crippen LogP contribution in [0.2, 0.25) is 0 Å². The molecule has 0 saturated carbocycles. The van der Waals surface area contributed by atoms with Crippen LogP contribution in [0.4, 0.5) is 0 Å². The Hall–Kier alpha value is -1.93. The predicted molar refractivity (Wildman–Crippen MR) is 101 cm³/mol. The van der Waals surface area contributed by atoms with Gasteiger partial charge in [0.15, 0.2) is 0 Å². The molecule has 1 saturated heterocycles. The van der Waals surface area contributed by atoms with E-state index in [0.717, 1.165) is 17.1 Å². The molecule has 0 N–H and O–H groups in total.